The fourth-order valence-corrected chi connectivity index (χ4v) is 2.63. The molecule has 1 aromatic carbocycles. The number of halogens is 8. The number of fused-ring (bicyclic) bond motifs is 1. The molecule has 2 rings (SSSR count). The number of alkyl halides is 2. The Morgan fingerprint density at radius 2 is 1.35 bits per heavy atom. The first-order valence-electron chi connectivity index (χ1n) is 4.01. The second-order valence-electron chi connectivity index (χ2n) is 3.21. The molecule has 0 heterocycles. The molecular formula is C9Cl4F4. The Morgan fingerprint density at radius 3 is 1.88 bits per heavy atom. The van der Waals surface area contributed by atoms with Crippen molar-refractivity contribution in [3.63, 3.8) is 0 Å². The van der Waals surface area contributed by atoms with E-state index in [1.165, 1.54) is 0 Å². The first-order chi connectivity index (χ1) is 7.71. The van der Waals surface area contributed by atoms with E-state index in [1.807, 2.05) is 0 Å². The van der Waals surface area contributed by atoms with Crippen LogP contribution >= 0.6 is 46.4 Å². The first-order valence-corrected chi connectivity index (χ1v) is 5.52. The zero-order chi connectivity index (χ0) is 13.1. The maximum Gasteiger partial charge on any atom is 0.199 e. The molecule has 0 unspecified atom stereocenters. The fourth-order valence-electron chi connectivity index (χ4n) is 1.49. The summed E-state index contributed by atoms with van der Waals surface area (Å²) in [6.07, 6.45) is 0. The Labute approximate surface area is 113 Å². The summed E-state index contributed by atoms with van der Waals surface area (Å²) in [5.41, 5.74) is -1.68. The van der Waals surface area contributed by atoms with Crippen molar-refractivity contribution in [2.75, 3.05) is 0 Å². The van der Waals surface area contributed by atoms with Crippen molar-refractivity contribution in [2.24, 2.45) is 0 Å². The second kappa shape index (κ2) is 3.92. The molecule has 0 nitrogen and oxygen atoms in total. The molecule has 0 aromatic heterocycles. The number of rotatable bonds is 0. The van der Waals surface area contributed by atoms with Crippen LogP contribution in [0.25, 0.3) is 5.03 Å². The van der Waals surface area contributed by atoms with Crippen LogP contribution in [-0.2, 0) is 4.33 Å². The summed E-state index contributed by atoms with van der Waals surface area (Å²) < 4.78 is 51.2. The van der Waals surface area contributed by atoms with Crippen LogP contribution in [0, 0.1) is 17.5 Å². The minimum Gasteiger partial charge on any atom is -0.206 e. The Morgan fingerprint density at radius 1 is 0.824 bits per heavy atom. The zero-order valence-corrected chi connectivity index (χ0v) is 10.5. The molecule has 0 atom stereocenters. The Hall–Kier alpha value is -0.160. The molecule has 0 fully saturated rings. The Kier molecular flexibility index (Phi) is 3.06. The fraction of sp³-hybridized carbons (Fsp3) is 0.111. The summed E-state index contributed by atoms with van der Waals surface area (Å²) in [6.45, 7) is 0. The third-order valence-electron chi connectivity index (χ3n) is 2.27. The highest BCUT2D eigenvalue weighted by Gasteiger charge is 2.48. The van der Waals surface area contributed by atoms with E-state index in [4.69, 9.17) is 46.4 Å². The average molecular weight is 326 g/mol. The van der Waals surface area contributed by atoms with Gasteiger partial charge in [-0.15, -0.1) is 0 Å². The molecule has 0 radical (unpaired) electrons. The summed E-state index contributed by atoms with van der Waals surface area (Å²) in [7, 11) is 0. The molecular weight excluding hydrogens is 326 g/mol. The number of allylic oxidation sites excluding steroid dienone is 1. The predicted octanol–water partition coefficient (Wildman–Crippen LogP) is 5.28. The highest BCUT2D eigenvalue weighted by atomic mass is 35.5. The number of hydrogen-bond donors (Lipinski definition) is 0. The first kappa shape index (κ1) is 13.3. The molecule has 1 aliphatic carbocycles. The minimum atomic E-state index is -2.52. The van der Waals surface area contributed by atoms with Crippen LogP contribution in [-0.4, -0.2) is 0 Å². The van der Waals surface area contributed by atoms with Crippen LogP contribution in [0.4, 0.5) is 17.6 Å². The van der Waals surface area contributed by atoms with E-state index in [1.54, 1.807) is 0 Å². The van der Waals surface area contributed by atoms with Gasteiger partial charge in [0.1, 0.15) is 5.02 Å². The quantitative estimate of drug-likeness (QED) is 0.263. The summed E-state index contributed by atoms with van der Waals surface area (Å²) >= 11 is 21.6. The third-order valence-corrected chi connectivity index (χ3v) is 3.67. The lowest BCUT2D eigenvalue weighted by Gasteiger charge is -2.15. The van der Waals surface area contributed by atoms with Gasteiger partial charge in [0.05, 0.1) is 5.03 Å². The molecule has 0 bridgehead atoms. The molecule has 0 N–H and O–H groups in total. The maximum absolute atomic E-state index is 13.6. The van der Waals surface area contributed by atoms with Gasteiger partial charge in [-0.1, -0.05) is 46.4 Å². The SMILES string of the molecule is FC1=C(Cl)c2c(F)c(F)c(Cl)c(F)c2C1(Cl)Cl. The van der Waals surface area contributed by atoms with Crippen LogP contribution < -0.4 is 0 Å². The summed E-state index contributed by atoms with van der Waals surface area (Å²) in [5.74, 6) is -6.11. The molecule has 8 heteroatoms. The van der Waals surface area contributed by atoms with Crippen LogP contribution in [0.2, 0.25) is 5.02 Å². The maximum atomic E-state index is 13.6. The van der Waals surface area contributed by atoms with Crippen LogP contribution in [0.5, 0.6) is 0 Å². The standard InChI is InChI=1S/C9Cl4F4/c10-3-1-2(9(12,13)8(3)17)6(15)4(11)7(16)5(1)14. The normalized spacial score (nSPS) is 17.6. The van der Waals surface area contributed by atoms with E-state index in [-0.39, 0.29) is 0 Å². The number of hydrogen-bond acceptors (Lipinski definition) is 0. The van der Waals surface area contributed by atoms with Crippen molar-refractivity contribution in [1.82, 2.24) is 0 Å². The van der Waals surface area contributed by atoms with Crippen molar-refractivity contribution < 1.29 is 17.6 Å². The van der Waals surface area contributed by atoms with Crippen LogP contribution in [0.15, 0.2) is 5.83 Å². The van der Waals surface area contributed by atoms with Gasteiger partial charge in [-0.3, -0.25) is 0 Å². The second-order valence-corrected chi connectivity index (χ2v) is 5.29. The van der Waals surface area contributed by atoms with Gasteiger partial charge in [-0.2, -0.15) is 0 Å². The third kappa shape index (κ3) is 1.58. The van der Waals surface area contributed by atoms with Gasteiger partial charge < -0.3 is 0 Å². The van der Waals surface area contributed by atoms with Gasteiger partial charge >= 0.3 is 0 Å². The van der Waals surface area contributed by atoms with Gasteiger partial charge in [0.2, 0.25) is 0 Å². The topological polar surface area (TPSA) is 0 Å². The lowest BCUT2D eigenvalue weighted by Crippen LogP contribution is -2.12. The summed E-state index contributed by atoms with van der Waals surface area (Å²) in [4.78, 5) is 0. The monoisotopic (exact) mass is 324 g/mol. The van der Waals surface area contributed by atoms with Gasteiger partial charge in [-0.05, 0) is 0 Å². The lowest BCUT2D eigenvalue weighted by atomic mass is 10.1. The molecule has 0 saturated carbocycles. The molecule has 1 aromatic rings. The molecule has 92 valence electrons. The number of benzene rings is 1. The lowest BCUT2D eigenvalue weighted by molar-refractivity contribution is 0.488. The van der Waals surface area contributed by atoms with E-state index in [0.717, 1.165) is 0 Å². The van der Waals surface area contributed by atoms with Gasteiger partial charge in [0, 0.05) is 11.1 Å². The summed E-state index contributed by atoms with van der Waals surface area (Å²) in [5, 5.41) is -2.04. The molecule has 17 heavy (non-hydrogen) atoms. The van der Waals surface area contributed by atoms with E-state index in [0.29, 0.717) is 0 Å². The summed E-state index contributed by atoms with van der Waals surface area (Å²) in [6, 6.07) is 0. The largest absolute Gasteiger partial charge is 0.206 e. The van der Waals surface area contributed by atoms with Crippen molar-refractivity contribution in [2.45, 2.75) is 4.33 Å². The molecule has 1 aliphatic rings. The molecule has 0 saturated heterocycles. The van der Waals surface area contributed by atoms with Gasteiger partial charge in [0.25, 0.3) is 0 Å². The molecule has 0 spiro atoms. The van der Waals surface area contributed by atoms with E-state index in [2.05, 4.69) is 0 Å². The minimum absolute atomic E-state index is 0.827. The van der Waals surface area contributed by atoms with Crippen LogP contribution in [0.3, 0.4) is 0 Å². The van der Waals surface area contributed by atoms with Crippen molar-refractivity contribution >= 4 is 51.4 Å². The van der Waals surface area contributed by atoms with E-state index >= 15 is 0 Å². The van der Waals surface area contributed by atoms with E-state index in [9.17, 15) is 17.6 Å². The average Bonchev–Trinajstić information content (AvgIpc) is 2.44. The Balaban J connectivity index is 2.96. The molecule has 0 aliphatic heterocycles. The van der Waals surface area contributed by atoms with Crippen molar-refractivity contribution in [3.8, 4) is 0 Å². The van der Waals surface area contributed by atoms with Crippen molar-refractivity contribution in [3.05, 3.63) is 39.4 Å². The molecule has 0 amide bonds. The van der Waals surface area contributed by atoms with Crippen LogP contribution in [0.1, 0.15) is 11.1 Å². The van der Waals surface area contributed by atoms with E-state index < -0.39 is 48.8 Å². The highest BCUT2D eigenvalue weighted by Crippen LogP contribution is 2.56. The Bertz CT molecular complexity index is 565. The smallest absolute Gasteiger partial charge is 0.199 e. The van der Waals surface area contributed by atoms with Crippen molar-refractivity contribution in [1.29, 1.82) is 0 Å². The predicted molar refractivity (Wildman–Crippen MR) is 58.6 cm³/mol. The van der Waals surface area contributed by atoms with Gasteiger partial charge in [0.15, 0.2) is 27.6 Å². The zero-order valence-electron chi connectivity index (χ0n) is 7.52. The highest BCUT2D eigenvalue weighted by molar-refractivity contribution is 6.57. The van der Waals surface area contributed by atoms with Gasteiger partial charge in [-0.25, -0.2) is 17.6 Å².